The molecular weight excluding hydrogens is 404 g/mol. The summed E-state index contributed by atoms with van der Waals surface area (Å²) in [6.07, 6.45) is -7.55. The third kappa shape index (κ3) is 4.40. The maximum absolute atomic E-state index is 12.1. The zero-order valence-electron chi connectivity index (χ0n) is 15.3. The van der Waals surface area contributed by atoms with E-state index in [2.05, 4.69) is 0 Å². The van der Waals surface area contributed by atoms with Crippen molar-refractivity contribution in [2.45, 2.75) is 30.7 Å². The van der Waals surface area contributed by atoms with Crippen LogP contribution in [-0.2, 0) is 4.74 Å². The van der Waals surface area contributed by atoms with Crippen LogP contribution < -0.4 is 9.47 Å². The van der Waals surface area contributed by atoms with E-state index in [1.165, 1.54) is 18.2 Å². The fraction of sp³-hybridized carbons (Fsp3) is 0.316. The second kappa shape index (κ2) is 8.73. The Kier molecular flexibility index (Phi) is 6.29. The summed E-state index contributed by atoms with van der Waals surface area (Å²) in [4.78, 5) is 12.1. The molecule has 0 unspecified atom stereocenters. The number of benzene rings is 2. The fourth-order valence-corrected chi connectivity index (χ4v) is 2.77. The van der Waals surface area contributed by atoms with Crippen LogP contribution in [0.2, 0.25) is 0 Å². The maximum Gasteiger partial charge on any atom is 0.343 e. The predicted octanol–water partition coefficient (Wildman–Crippen LogP) is -0.799. The molecule has 1 aliphatic heterocycles. The number of ether oxygens (including phenoxy) is 3. The van der Waals surface area contributed by atoms with Gasteiger partial charge in [-0.25, -0.2) is 4.79 Å². The third-order valence-corrected chi connectivity index (χ3v) is 4.44. The summed E-state index contributed by atoms with van der Waals surface area (Å²) in [5, 5.41) is 67.6. The lowest BCUT2D eigenvalue weighted by atomic mass is 9.99. The van der Waals surface area contributed by atoms with E-state index in [1.54, 1.807) is 0 Å². The largest absolute Gasteiger partial charge is 0.504 e. The van der Waals surface area contributed by atoms with E-state index in [0.29, 0.717) is 0 Å². The number of phenols is 3. The normalized spacial score (nSPS) is 26.2. The van der Waals surface area contributed by atoms with Gasteiger partial charge in [-0.3, -0.25) is 0 Å². The number of phenolic OH excluding ortho intramolecular Hbond substituents is 3. The molecule has 1 fully saturated rings. The minimum absolute atomic E-state index is 0.0496. The fourth-order valence-electron chi connectivity index (χ4n) is 2.77. The highest BCUT2D eigenvalue weighted by Gasteiger charge is 2.44. The van der Waals surface area contributed by atoms with E-state index >= 15 is 0 Å². The van der Waals surface area contributed by atoms with Crippen LogP contribution in [0.4, 0.5) is 0 Å². The van der Waals surface area contributed by atoms with Crippen LogP contribution in [0.15, 0.2) is 36.4 Å². The molecule has 11 nitrogen and oxygen atoms in total. The average Bonchev–Trinajstić information content (AvgIpc) is 2.72. The lowest BCUT2D eigenvalue weighted by molar-refractivity contribution is -0.277. The topological polar surface area (TPSA) is 186 Å². The number of carbonyl (C=O) groups is 1. The molecule has 2 aromatic rings. The monoisotopic (exact) mass is 424 g/mol. The number of esters is 1. The Bertz CT molecular complexity index is 913. The predicted molar refractivity (Wildman–Crippen MR) is 97.2 cm³/mol. The average molecular weight is 424 g/mol. The Balaban J connectivity index is 1.70. The van der Waals surface area contributed by atoms with Crippen LogP contribution in [0, 0.1) is 0 Å². The second-order valence-corrected chi connectivity index (χ2v) is 6.54. The molecule has 3 rings (SSSR count). The van der Waals surface area contributed by atoms with E-state index in [4.69, 9.17) is 14.2 Å². The first-order chi connectivity index (χ1) is 14.2. The van der Waals surface area contributed by atoms with E-state index in [-0.39, 0.29) is 17.1 Å². The van der Waals surface area contributed by atoms with E-state index in [0.717, 1.165) is 18.2 Å². The van der Waals surface area contributed by atoms with Gasteiger partial charge in [0.2, 0.25) is 6.29 Å². The highest BCUT2D eigenvalue weighted by molar-refractivity contribution is 5.91. The molecule has 0 spiro atoms. The summed E-state index contributed by atoms with van der Waals surface area (Å²) in [7, 11) is 0. The van der Waals surface area contributed by atoms with Gasteiger partial charge in [0.05, 0.1) is 12.2 Å². The summed E-state index contributed by atoms with van der Waals surface area (Å²) in [5.41, 5.74) is -0.0496. The number of rotatable bonds is 5. The van der Waals surface area contributed by atoms with Crippen molar-refractivity contribution in [1.82, 2.24) is 0 Å². The van der Waals surface area contributed by atoms with Gasteiger partial charge in [0.25, 0.3) is 0 Å². The molecule has 0 bridgehead atoms. The number of aliphatic hydroxyl groups excluding tert-OH is 4. The van der Waals surface area contributed by atoms with Crippen molar-refractivity contribution in [1.29, 1.82) is 0 Å². The summed E-state index contributed by atoms with van der Waals surface area (Å²) in [6.45, 7) is -0.640. The Morgan fingerprint density at radius 2 is 1.63 bits per heavy atom. The lowest BCUT2D eigenvalue weighted by Gasteiger charge is -2.39. The molecule has 1 saturated heterocycles. The highest BCUT2D eigenvalue weighted by Crippen LogP contribution is 2.34. The van der Waals surface area contributed by atoms with Crippen LogP contribution in [0.25, 0.3) is 0 Å². The summed E-state index contributed by atoms with van der Waals surface area (Å²) in [5.74, 6) is -2.54. The van der Waals surface area contributed by atoms with Crippen LogP contribution >= 0.6 is 0 Å². The molecule has 0 radical (unpaired) electrons. The Labute approximate surface area is 169 Å². The van der Waals surface area contributed by atoms with Crippen molar-refractivity contribution < 1.29 is 54.8 Å². The zero-order chi connectivity index (χ0) is 22.0. The maximum atomic E-state index is 12.1. The molecule has 11 heteroatoms. The number of hydrogen-bond acceptors (Lipinski definition) is 11. The van der Waals surface area contributed by atoms with Gasteiger partial charge in [-0.05, 0) is 30.3 Å². The number of aliphatic hydroxyl groups is 4. The van der Waals surface area contributed by atoms with Crippen molar-refractivity contribution in [2.24, 2.45) is 0 Å². The molecule has 7 N–H and O–H groups in total. The lowest BCUT2D eigenvalue weighted by Crippen LogP contribution is -2.60. The number of carbonyl (C=O) groups excluding carboxylic acids is 1. The van der Waals surface area contributed by atoms with Gasteiger partial charge in [0, 0.05) is 6.07 Å². The molecule has 1 aliphatic rings. The molecule has 30 heavy (non-hydrogen) atoms. The molecular formula is C19H20O11. The molecule has 0 saturated carbocycles. The van der Waals surface area contributed by atoms with Crippen molar-refractivity contribution in [3.05, 3.63) is 42.0 Å². The van der Waals surface area contributed by atoms with Crippen LogP contribution in [0.3, 0.4) is 0 Å². The Morgan fingerprint density at radius 3 is 2.27 bits per heavy atom. The zero-order valence-corrected chi connectivity index (χ0v) is 15.3. The van der Waals surface area contributed by atoms with E-state index < -0.39 is 60.5 Å². The van der Waals surface area contributed by atoms with Gasteiger partial charge < -0.3 is 50.0 Å². The van der Waals surface area contributed by atoms with Crippen LogP contribution in [-0.4, -0.2) is 79.0 Å². The second-order valence-electron chi connectivity index (χ2n) is 6.54. The summed E-state index contributed by atoms with van der Waals surface area (Å²) in [6, 6.07) is 6.85. The standard InChI is InChI=1S/C19H20O11/c20-7-14-15(24)16(25)17(26)19(30-14)29-13-4-2-9(6-12(13)23)28-18(27)8-1-3-10(21)11(22)5-8/h1-6,14-17,19-26H,7H2/t14-,15-,16+,17-,19-/m1/s1. The van der Waals surface area contributed by atoms with Gasteiger partial charge in [0.15, 0.2) is 23.0 Å². The third-order valence-electron chi connectivity index (χ3n) is 4.44. The minimum Gasteiger partial charge on any atom is -0.504 e. The van der Waals surface area contributed by atoms with Crippen LogP contribution in [0.1, 0.15) is 10.4 Å². The first-order valence-electron chi connectivity index (χ1n) is 8.75. The summed E-state index contributed by atoms with van der Waals surface area (Å²) < 4.78 is 15.6. The SMILES string of the molecule is O=C(Oc1ccc(O[C@@H]2O[C@H](CO)[C@@H](O)[C@H](O)[C@H]2O)c(O)c1)c1ccc(O)c(O)c1. The summed E-state index contributed by atoms with van der Waals surface area (Å²) >= 11 is 0. The highest BCUT2D eigenvalue weighted by atomic mass is 16.7. The first kappa shape index (κ1) is 21.6. The van der Waals surface area contributed by atoms with E-state index in [1.807, 2.05) is 0 Å². The molecule has 2 aromatic carbocycles. The van der Waals surface area contributed by atoms with Gasteiger partial charge in [-0.2, -0.15) is 0 Å². The molecule has 162 valence electrons. The smallest absolute Gasteiger partial charge is 0.343 e. The Hall–Kier alpha value is -3.09. The van der Waals surface area contributed by atoms with Gasteiger partial charge in [-0.15, -0.1) is 0 Å². The van der Waals surface area contributed by atoms with Gasteiger partial charge in [0.1, 0.15) is 30.2 Å². The number of aromatic hydroxyl groups is 3. The van der Waals surface area contributed by atoms with Crippen molar-refractivity contribution in [2.75, 3.05) is 6.61 Å². The number of hydrogen-bond donors (Lipinski definition) is 7. The first-order valence-corrected chi connectivity index (χ1v) is 8.75. The van der Waals surface area contributed by atoms with Crippen LogP contribution in [0.5, 0.6) is 28.7 Å². The van der Waals surface area contributed by atoms with Crippen molar-refractivity contribution >= 4 is 5.97 Å². The molecule has 1 heterocycles. The molecule has 0 amide bonds. The minimum atomic E-state index is -1.66. The van der Waals surface area contributed by atoms with Crippen molar-refractivity contribution in [3.63, 3.8) is 0 Å². The quantitative estimate of drug-likeness (QED) is 0.181. The van der Waals surface area contributed by atoms with Gasteiger partial charge >= 0.3 is 5.97 Å². The Morgan fingerprint density at radius 1 is 0.900 bits per heavy atom. The molecule has 0 aliphatic carbocycles. The van der Waals surface area contributed by atoms with Gasteiger partial charge in [-0.1, -0.05) is 0 Å². The molecule has 5 atom stereocenters. The molecule has 0 aromatic heterocycles. The van der Waals surface area contributed by atoms with Crippen molar-refractivity contribution in [3.8, 4) is 28.7 Å². The van der Waals surface area contributed by atoms with E-state index in [9.17, 15) is 40.5 Å².